The van der Waals surface area contributed by atoms with Crippen molar-refractivity contribution in [3.05, 3.63) is 29.8 Å². The lowest BCUT2D eigenvalue weighted by atomic mass is 9.50. The minimum atomic E-state index is -3.03. The number of rotatable bonds is 4. The first kappa shape index (κ1) is 26.6. The minimum Gasteiger partial charge on any atom is -0.505 e. The van der Waals surface area contributed by atoms with Crippen LogP contribution in [0, 0.1) is 23.7 Å². The Morgan fingerprint density at radius 2 is 1.84 bits per heavy atom. The van der Waals surface area contributed by atoms with Crippen LogP contribution in [0.1, 0.15) is 29.3 Å². The molecule has 2 saturated carbocycles. The number of phenolic OH excluding ortho intramolecular Hbond substituents is 1. The maximum atomic E-state index is 14.0. The molecule has 198 valence electrons. The molecule has 8 atom stereocenters. The van der Waals surface area contributed by atoms with Gasteiger partial charge in [-0.25, -0.2) is 0 Å². The van der Waals surface area contributed by atoms with Crippen LogP contribution in [0.3, 0.4) is 0 Å². The number of likely N-dealkylation sites (N-methyl/N-ethyl adjacent to an activating group) is 1. The third kappa shape index (κ3) is 3.47. The van der Waals surface area contributed by atoms with Gasteiger partial charge < -0.3 is 31.5 Å². The van der Waals surface area contributed by atoms with Gasteiger partial charge in [0.1, 0.15) is 24.0 Å². The van der Waals surface area contributed by atoms with Gasteiger partial charge in [-0.05, 0) is 31.3 Å². The molecule has 0 amide bonds. The summed E-state index contributed by atoms with van der Waals surface area (Å²) in [7, 11) is 2.90. The van der Waals surface area contributed by atoms with E-state index in [9.17, 15) is 39.3 Å². The number of esters is 1. The number of benzene rings is 1. The fraction of sp³-hybridized carbons (Fsp3) is 0.480. The Bertz CT molecular complexity index is 1260. The van der Waals surface area contributed by atoms with E-state index in [1.165, 1.54) is 38.1 Å². The fourth-order valence-corrected chi connectivity index (χ4v) is 6.06. The zero-order valence-electron chi connectivity index (χ0n) is 20.5. The van der Waals surface area contributed by atoms with E-state index in [1.54, 1.807) is 0 Å². The topological polar surface area (TPSA) is 211 Å². The van der Waals surface area contributed by atoms with Crippen molar-refractivity contribution in [2.24, 2.45) is 29.4 Å². The summed E-state index contributed by atoms with van der Waals surface area (Å²) in [5.41, 5.74) is 8.06. The molecule has 1 aromatic rings. The third-order valence-electron chi connectivity index (χ3n) is 7.74. The van der Waals surface area contributed by atoms with Crippen LogP contribution in [0.15, 0.2) is 18.7 Å². The van der Waals surface area contributed by atoms with E-state index in [0.717, 1.165) is 0 Å². The van der Waals surface area contributed by atoms with Crippen molar-refractivity contribution in [3.8, 4) is 5.75 Å². The molecule has 1 aromatic carbocycles. The summed E-state index contributed by atoms with van der Waals surface area (Å²) in [5.74, 6) is -12.5. The summed E-state index contributed by atoms with van der Waals surface area (Å²) in [6, 6.07) is 1.35. The van der Waals surface area contributed by atoms with Gasteiger partial charge in [0.15, 0.2) is 28.7 Å². The van der Waals surface area contributed by atoms with Crippen molar-refractivity contribution >= 4 is 40.4 Å². The lowest BCUT2D eigenvalue weighted by Gasteiger charge is -2.56. The minimum absolute atomic E-state index is 0.123. The molecule has 4 rings (SSSR count). The molecule has 2 fully saturated rings. The SMILES string of the molecule is C=C1c2ccc(N)c(O)c2C(=O)C2C(=O)[C@]3(O)C(=O)C(C(N)O)C(=O)[C@@H](N(C)C)[C@@H]3[C@@H](OC(=O)CC)[C@H]12. The van der Waals surface area contributed by atoms with E-state index in [0.29, 0.717) is 0 Å². The highest BCUT2D eigenvalue weighted by Crippen LogP contribution is 2.55. The average Bonchev–Trinajstić information content (AvgIpc) is 2.82. The maximum Gasteiger partial charge on any atom is 0.305 e. The number of Topliss-reactive ketones (excluding diaryl/α,β-unsaturated/α-hetero) is 4. The fourth-order valence-electron chi connectivity index (χ4n) is 6.06. The average molecular weight is 516 g/mol. The number of aliphatic hydroxyl groups excluding tert-OH is 1. The number of nitrogens with zero attached hydrogens (tertiary/aromatic N) is 1. The summed E-state index contributed by atoms with van der Waals surface area (Å²) in [6.45, 7) is 5.50. The molecule has 0 heterocycles. The first-order valence-corrected chi connectivity index (χ1v) is 11.7. The Balaban J connectivity index is 2.04. The number of fused-ring (bicyclic) bond motifs is 3. The van der Waals surface area contributed by atoms with Crippen LogP contribution in [-0.4, -0.2) is 87.4 Å². The van der Waals surface area contributed by atoms with Crippen LogP contribution in [0.5, 0.6) is 5.75 Å². The number of hydrogen-bond acceptors (Lipinski definition) is 12. The Kier molecular flexibility index (Phi) is 6.36. The second-order valence-corrected chi connectivity index (χ2v) is 9.93. The highest BCUT2D eigenvalue weighted by molar-refractivity contribution is 6.29. The molecule has 0 saturated heterocycles. The molecule has 3 aliphatic carbocycles. The van der Waals surface area contributed by atoms with Crippen LogP contribution in [-0.2, 0) is 23.9 Å². The molecule has 0 aliphatic heterocycles. The Morgan fingerprint density at radius 1 is 1.22 bits per heavy atom. The Labute approximate surface area is 211 Å². The number of nitrogens with two attached hydrogens (primary N) is 2. The monoisotopic (exact) mass is 515 g/mol. The second kappa shape index (κ2) is 8.84. The number of carbonyl (C=O) groups excluding carboxylic acids is 5. The van der Waals surface area contributed by atoms with E-state index in [1.807, 2.05) is 0 Å². The van der Waals surface area contributed by atoms with E-state index in [2.05, 4.69) is 6.58 Å². The standard InChI is InChI=1S/C25H29N3O9/c1-5-11(29)37-21-12-8(2)9-6-7-10(26)18(30)13(9)19(31)14(12)22(33)25(36)16(21)17(28(3)4)20(32)15(23(25)34)24(27)35/h6-7,12,14-17,21,24,30,35-36H,2,5,26-27H2,1,3-4H3/t12-,14?,15?,16-,17+,21+,24?,25+/m1/s1. The van der Waals surface area contributed by atoms with Gasteiger partial charge in [0.2, 0.25) is 0 Å². The van der Waals surface area contributed by atoms with Crippen LogP contribution < -0.4 is 11.5 Å². The van der Waals surface area contributed by atoms with Gasteiger partial charge in [0.05, 0.1) is 29.1 Å². The van der Waals surface area contributed by atoms with E-state index in [-0.39, 0.29) is 28.8 Å². The number of carbonyl (C=O) groups is 5. The number of hydrogen-bond donors (Lipinski definition) is 5. The summed E-state index contributed by atoms with van der Waals surface area (Å²) in [4.78, 5) is 68.5. The maximum absolute atomic E-state index is 14.0. The van der Waals surface area contributed by atoms with Gasteiger partial charge in [0.25, 0.3) is 0 Å². The molecule has 0 spiro atoms. The normalized spacial score (nSPS) is 34.1. The van der Waals surface area contributed by atoms with Crippen LogP contribution in [0.2, 0.25) is 0 Å². The number of phenols is 1. The Hall–Kier alpha value is -3.45. The van der Waals surface area contributed by atoms with Crippen molar-refractivity contribution in [2.45, 2.75) is 37.3 Å². The van der Waals surface area contributed by atoms with Crippen molar-refractivity contribution < 1.29 is 44.0 Å². The van der Waals surface area contributed by atoms with E-state index >= 15 is 0 Å². The second-order valence-electron chi connectivity index (χ2n) is 9.93. The number of ketones is 4. The van der Waals surface area contributed by atoms with Crippen molar-refractivity contribution in [1.82, 2.24) is 4.90 Å². The van der Waals surface area contributed by atoms with Gasteiger partial charge in [-0.3, -0.25) is 28.9 Å². The molecule has 12 heteroatoms. The van der Waals surface area contributed by atoms with Crippen LogP contribution in [0.25, 0.3) is 5.57 Å². The Morgan fingerprint density at radius 3 is 2.38 bits per heavy atom. The van der Waals surface area contributed by atoms with Crippen molar-refractivity contribution in [1.29, 1.82) is 0 Å². The van der Waals surface area contributed by atoms with Crippen LogP contribution in [0.4, 0.5) is 5.69 Å². The van der Waals surface area contributed by atoms with Crippen LogP contribution >= 0.6 is 0 Å². The quantitative estimate of drug-likeness (QED) is 0.103. The highest BCUT2D eigenvalue weighted by Gasteiger charge is 2.73. The van der Waals surface area contributed by atoms with Gasteiger partial charge in [-0.2, -0.15) is 0 Å². The number of aromatic hydroxyl groups is 1. The van der Waals surface area contributed by atoms with E-state index < -0.39 is 82.5 Å². The van der Waals surface area contributed by atoms with Gasteiger partial charge in [0, 0.05) is 12.3 Å². The molecule has 3 aliphatic rings. The molecular formula is C25H29N3O9. The summed E-state index contributed by atoms with van der Waals surface area (Å²) in [5, 5.41) is 32.5. The smallest absolute Gasteiger partial charge is 0.305 e. The molecule has 3 unspecified atom stereocenters. The summed E-state index contributed by atoms with van der Waals surface area (Å²) < 4.78 is 5.68. The summed E-state index contributed by atoms with van der Waals surface area (Å²) in [6.07, 6.45) is -3.70. The number of anilines is 1. The first-order valence-electron chi connectivity index (χ1n) is 11.7. The highest BCUT2D eigenvalue weighted by atomic mass is 16.5. The van der Waals surface area contributed by atoms with Gasteiger partial charge >= 0.3 is 5.97 Å². The van der Waals surface area contributed by atoms with Crippen molar-refractivity contribution in [3.63, 3.8) is 0 Å². The zero-order chi connectivity index (χ0) is 27.7. The molecule has 0 aromatic heterocycles. The third-order valence-corrected chi connectivity index (χ3v) is 7.74. The van der Waals surface area contributed by atoms with Crippen molar-refractivity contribution in [2.75, 3.05) is 19.8 Å². The molecule has 0 radical (unpaired) electrons. The summed E-state index contributed by atoms with van der Waals surface area (Å²) >= 11 is 0. The van der Waals surface area contributed by atoms with Gasteiger partial charge in [-0.1, -0.05) is 19.6 Å². The molecule has 0 bridgehead atoms. The first-order chi connectivity index (χ1) is 17.2. The zero-order valence-corrected chi connectivity index (χ0v) is 20.5. The number of nitrogen functional groups attached to an aromatic ring is 1. The molecule has 37 heavy (non-hydrogen) atoms. The number of ether oxygens (including phenoxy) is 1. The lowest BCUT2D eigenvalue weighted by molar-refractivity contribution is -0.203. The number of aliphatic hydroxyl groups is 2. The molecular weight excluding hydrogens is 486 g/mol. The predicted molar refractivity (Wildman–Crippen MR) is 128 cm³/mol. The largest absolute Gasteiger partial charge is 0.505 e. The van der Waals surface area contributed by atoms with E-state index in [4.69, 9.17) is 16.2 Å². The lowest BCUT2D eigenvalue weighted by Crippen LogP contribution is -2.78. The molecule has 12 nitrogen and oxygen atoms in total. The predicted octanol–water partition coefficient (Wildman–Crippen LogP) is -1.36. The van der Waals surface area contributed by atoms with Gasteiger partial charge in [-0.15, -0.1) is 0 Å². The molecule has 7 N–H and O–H groups in total.